The summed E-state index contributed by atoms with van der Waals surface area (Å²) < 4.78 is 0. The third-order valence-corrected chi connectivity index (χ3v) is 2.43. The monoisotopic (exact) mass is 201 g/mol. The molecular formula is C12H15N3. The van der Waals surface area contributed by atoms with E-state index in [2.05, 4.69) is 34.9 Å². The molecule has 78 valence electrons. The van der Waals surface area contributed by atoms with Crippen LogP contribution >= 0.6 is 0 Å². The van der Waals surface area contributed by atoms with Crippen molar-refractivity contribution >= 4 is 0 Å². The predicted molar refractivity (Wildman–Crippen MR) is 60.6 cm³/mol. The Morgan fingerprint density at radius 2 is 1.93 bits per heavy atom. The highest BCUT2D eigenvalue weighted by Gasteiger charge is 2.03. The van der Waals surface area contributed by atoms with Gasteiger partial charge in [0, 0.05) is 6.20 Å². The van der Waals surface area contributed by atoms with E-state index in [1.54, 1.807) is 0 Å². The first-order valence-electron chi connectivity index (χ1n) is 5.15. The van der Waals surface area contributed by atoms with Gasteiger partial charge in [0.15, 0.2) is 0 Å². The van der Waals surface area contributed by atoms with Crippen molar-refractivity contribution < 1.29 is 0 Å². The fourth-order valence-electron chi connectivity index (χ4n) is 1.46. The summed E-state index contributed by atoms with van der Waals surface area (Å²) in [5.41, 5.74) is 3.18. The van der Waals surface area contributed by atoms with E-state index in [1.807, 2.05) is 25.4 Å². The molecule has 0 saturated carbocycles. The maximum Gasteiger partial charge on any atom is 0.103 e. The molecule has 0 atom stereocenters. The van der Waals surface area contributed by atoms with E-state index >= 15 is 0 Å². The largest absolute Gasteiger partial charge is 0.341 e. The molecule has 3 heteroatoms. The minimum Gasteiger partial charge on any atom is -0.341 e. The Balaban J connectivity index is 2.31. The first-order valence-corrected chi connectivity index (χ1v) is 5.15. The van der Waals surface area contributed by atoms with Crippen molar-refractivity contribution in [3.05, 3.63) is 35.9 Å². The molecule has 0 aliphatic carbocycles. The molecule has 0 spiro atoms. The zero-order valence-electron chi connectivity index (χ0n) is 9.28. The normalized spacial score (nSPS) is 10.9. The van der Waals surface area contributed by atoms with Gasteiger partial charge in [0.1, 0.15) is 5.82 Å². The number of aromatic nitrogens is 3. The number of H-pyrrole nitrogens is 1. The molecular weight excluding hydrogens is 186 g/mol. The van der Waals surface area contributed by atoms with Crippen molar-refractivity contribution in [3.8, 4) is 11.4 Å². The van der Waals surface area contributed by atoms with Gasteiger partial charge in [-0.25, -0.2) is 4.98 Å². The third kappa shape index (κ3) is 2.06. The summed E-state index contributed by atoms with van der Waals surface area (Å²) in [4.78, 5) is 11.7. The third-order valence-electron chi connectivity index (χ3n) is 2.43. The average molecular weight is 201 g/mol. The Bertz CT molecular complexity index is 440. The highest BCUT2D eigenvalue weighted by Crippen LogP contribution is 2.18. The van der Waals surface area contributed by atoms with Crippen molar-refractivity contribution in [2.75, 3.05) is 0 Å². The molecule has 2 rings (SSSR count). The van der Waals surface area contributed by atoms with Crippen LogP contribution in [-0.2, 0) is 0 Å². The zero-order chi connectivity index (χ0) is 10.8. The van der Waals surface area contributed by atoms with E-state index in [1.165, 1.54) is 5.56 Å². The molecule has 2 aromatic rings. The lowest BCUT2D eigenvalue weighted by Crippen LogP contribution is -1.90. The maximum absolute atomic E-state index is 4.41. The molecule has 2 heterocycles. The van der Waals surface area contributed by atoms with Gasteiger partial charge in [-0.3, -0.25) is 4.98 Å². The summed E-state index contributed by atoms with van der Waals surface area (Å²) in [6, 6.07) is 4.14. The summed E-state index contributed by atoms with van der Waals surface area (Å²) in [6.07, 6.45) is 3.74. The van der Waals surface area contributed by atoms with Gasteiger partial charge < -0.3 is 4.98 Å². The number of nitrogens with one attached hydrogen (secondary N) is 1. The summed E-state index contributed by atoms with van der Waals surface area (Å²) in [7, 11) is 0. The molecule has 0 aromatic carbocycles. The Morgan fingerprint density at radius 3 is 2.40 bits per heavy atom. The van der Waals surface area contributed by atoms with Crippen LogP contribution in [0.4, 0.5) is 0 Å². The lowest BCUT2D eigenvalue weighted by Gasteiger charge is -2.04. The lowest BCUT2D eigenvalue weighted by molar-refractivity contribution is 0.858. The molecule has 3 nitrogen and oxygen atoms in total. The van der Waals surface area contributed by atoms with E-state index in [9.17, 15) is 0 Å². The van der Waals surface area contributed by atoms with E-state index in [-0.39, 0.29) is 0 Å². The fourth-order valence-corrected chi connectivity index (χ4v) is 1.46. The molecule has 0 amide bonds. The van der Waals surface area contributed by atoms with E-state index < -0.39 is 0 Å². The minimum atomic E-state index is 0.523. The predicted octanol–water partition coefficient (Wildman–Crippen LogP) is 2.90. The molecule has 0 saturated heterocycles. The summed E-state index contributed by atoms with van der Waals surface area (Å²) in [5, 5.41) is 0. The van der Waals surface area contributed by atoms with Gasteiger partial charge in [0.25, 0.3) is 0 Å². The number of pyridine rings is 1. The SMILES string of the molecule is Cc1ncc(-c2ccc(C(C)C)cn2)[nH]1. The summed E-state index contributed by atoms with van der Waals surface area (Å²) in [5.74, 6) is 1.44. The second-order valence-corrected chi connectivity index (χ2v) is 4.01. The van der Waals surface area contributed by atoms with Gasteiger partial charge in [-0.1, -0.05) is 19.9 Å². The van der Waals surface area contributed by atoms with E-state index in [0.29, 0.717) is 5.92 Å². The Labute approximate surface area is 89.6 Å². The van der Waals surface area contributed by atoms with Gasteiger partial charge in [-0.2, -0.15) is 0 Å². The molecule has 0 aliphatic heterocycles. The number of hydrogen-bond acceptors (Lipinski definition) is 2. The summed E-state index contributed by atoms with van der Waals surface area (Å²) >= 11 is 0. The second kappa shape index (κ2) is 3.85. The van der Waals surface area contributed by atoms with Gasteiger partial charge in [0.2, 0.25) is 0 Å². The number of rotatable bonds is 2. The van der Waals surface area contributed by atoms with Crippen molar-refractivity contribution in [1.82, 2.24) is 15.0 Å². The molecule has 0 unspecified atom stereocenters. The molecule has 0 radical (unpaired) electrons. The van der Waals surface area contributed by atoms with Crippen LogP contribution in [0.25, 0.3) is 11.4 Å². The van der Waals surface area contributed by atoms with E-state index in [4.69, 9.17) is 0 Å². The van der Waals surface area contributed by atoms with Crippen LogP contribution in [0.1, 0.15) is 31.2 Å². The molecule has 2 aromatic heterocycles. The minimum absolute atomic E-state index is 0.523. The average Bonchev–Trinajstić information content (AvgIpc) is 2.65. The molecule has 15 heavy (non-hydrogen) atoms. The van der Waals surface area contributed by atoms with Crippen molar-refractivity contribution in [1.29, 1.82) is 0 Å². The van der Waals surface area contributed by atoms with E-state index in [0.717, 1.165) is 17.2 Å². The maximum atomic E-state index is 4.41. The molecule has 0 bridgehead atoms. The van der Waals surface area contributed by atoms with Crippen LogP contribution in [0.2, 0.25) is 0 Å². The molecule has 1 N–H and O–H groups in total. The Morgan fingerprint density at radius 1 is 1.13 bits per heavy atom. The fraction of sp³-hybridized carbons (Fsp3) is 0.333. The quantitative estimate of drug-likeness (QED) is 0.811. The van der Waals surface area contributed by atoms with Gasteiger partial charge in [-0.05, 0) is 24.5 Å². The second-order valence-electron chi connectivity index (χ2n) is 4.01. The highest BCUT2D eigenvalue weighted by atomic mass is 14.9. The topological polar surface area (TPSA) is 41.6 Å². The van der Waals surface area contributed by atoms with Gasteiger partial charge >= 0.3 is 0 Å². The number of aromatic amines is 1. The number of hydrogen-bond donors (Lipinski definition) is 1. The number of imidazole rings is 1. The van der Waals surface area contributed by atoms with Crippen LogP contribution in [0.3, 0.4) is 0 Å². The first kappa shape index (κ1) is 9.90. The molecule has 0 fully saturated rings. The van der Waals surface area contributed by atoms with Crippen LogP contribution < -0.4 is 0 Å². The first-order chi connectivity index (χ1) is 7.16. The number of aryl methyl sites for hydroxylation is 1. The van der Waals surface area contributed by atoms with Crippen LogP contribution in [0, 0.1) is 6.92 Å². The Hall–Kier alpha value is -1.64. The lowest BCUT2D eigenvalue weighted by atomic mass is 10.1. The number of nitrogens with zero attached hydrogens (tertiary/aromatic N) is 2. The van der Waals surface area contributed by atoms with Crippen LogP contribution in [0.15, 0.2) is 24.5 Å². The van der Waals surface area contributed by atoms with Crippen molar-refractivity contribution in [3.63, 3.8) is 0 Å². The van der Waals surface area contributed by atoms with Crippen molar-refractivity contribution in [2.45, 2.75) is 26.7 Å². The van der Waals surface area contributed by atoms with Crippen LogP contribution in [-0.4, -0.2) is 15.0 Å². The highest BCUT2D eigenvalue weighted by molar-refractivity contribution is 5.53. The zero-order valence-corrected chi connectivity index (χ0v) is 9.28. The van der Waals surface area contributed by atoms with Crippen molar-refractivity contribution in [2.24, 2.45) is 0 Å². The standard InChI is InChI=1S/C12H15N3/c1-8(2)10-4-5-11(14-6-10)12-7-13-9(3)15-12/h4-8H,1-3H3,(H,13,15). The Kier molecular flexibility index (Phi) is 2.54. The molecule has 0 aliphatic rings. The smallest absolute Gasteiger partial charge is 0.103 e. The van der Waals surface area contributed by atoms with Gasteiger partial charge in [0.05, 0.1) is 17.6 Å². The van der Waals surface area contributed by atoms with Crippen LogP contribution in [0.5, 0.6) is 0 Å². The summed E-state index contributed by atoms with van der Waals surface area (Å²) in [6.45, 7) is 6.26. The van der Waals surface area contributed by atoms with Gasteiger partial charge in [-0.15, -0.1) is 0 Å².